The van der Waals surface area contributed by atoms with Gasteiger partial charge >= 0.3 is 0 Å². The molecular formula is C12H17N5S. The van der Waals surface area contributed by atoms with Crippen LogP contribution in [0.2, 0.25) is 0 Å². The van der Waals surface area contributed by atoms with Crippen LogP contribution >= 0.6 is 12.2 Å². The Morgan fingerprint density at radius 1 is 1.39 bits per heavy atom. The van der Waals surface area contributed by atoms with Gasteiger partial charge in [0, 0.05) is 37.4 Å². The molecule has 1 aromatic carbocycles. The fourth-order valence-corrected chi connectivity index (χ4v) is 2.01. The lowest BCUT2D eigenvalue weighted by atomic mass is 10.1. The Morgan fingerprint density at radius 3 is 2.83 bits per heavy atom. The zero-order valence-electron chi connectivity index (χ0n) is 10.1. The Morgan fingerprint density at radius 2 is 2.11 bits per heavy atom. The van der Waals surface area contributed by atoms with Crippen molar-refractivity contribution >= 4 is 29.2 Å². The van der Waals surface area contributed by atoms with E-state index in [0.717, 1.165) is 31.7 Å². The highest BCUT2D eigenvalue weighted by atomic mass is 32.1. The van der Waals surface area contributed by atoms with Crippen molar-refractivity contribution in [3.63, 3.8) is 0 Å². The van der Waals surface area contributed by atoms with E-state index in [0.29, 0.717) is 0 Å². The summed E-state index contributed by atoms with van der Waals surface area (Å²) in [5, 5.41) is 7.53. The van der Waals surface area contributed by atoms with E-state index in [-0.39, 0.29) is 5.11 Å². The predicted octanol–water partition coefficient (Wildman–Crippen LogP) is 0.263. The molecule has 0 spiro atoms. The summed E-state index contributed by atoms with van der Waals surface area (Å²) in [5.74, 6) is 0. The van der Waals surface area contributed by atoms with Crippen molar-refractivity contribution in [3.8, 4) is 0 Å². The summed E-state index contributed by atoms with van der Waals surface area (Å²) in [4.78, 5) is 2.35. The van der Waals surface area contributed by atoms with Gasteiger partial charge in [-0.3, -0.25) is 5.43 Å². The molecule has 2 rings (SSSR count). The maximum atomic E-state index is 5.33. The van der Waals surface area contributed by atoms with Crippen LogP contribution in [-0.4, -0.2) is 37.5 Å². The number of nitrogens with one attached hydrogen (secondary N) is 2. The highest BCUT2D eigenvalue weighted by Gasteiger charge is 2.12. The van der Waals surface area contributed by atoms with Gasteiger partial charge in [-0.25, -0.2) is 0 Å². The Balaban J connectivity index is 2.14. The van der Waals surface area contributed by atoms with Crippen LogP contribution in [0.3, 0.4) is 0 Å². The van der Waals surface area contributed by atoms with Gasteiger partial charge in [0.25, 0.3) is 0 Å². The molecule has 0 atom stereocenters. The number of nitrogens with two attached hydrogens (primary N) is 1. The van der Waals surface area contributed by atoms with E-state index in [2.05, 4.69) is 26.8 Å². The quantitative estimate of drug-likeness (QED) is 0.415. The average Bonchev–Trinajstić information content (AvgIpc) is 2.40. The fourth-order valence-electron chi connectivity index (χ4n) is 1.96. The van der Waals surface area contributed by atoms with Crippen LogP contribution < -0.4 is 21.4 Å². The normalized spacial score (nSPS) is 15.9. The molecule has 0 aromatic heterocycles. The molecule has 18 heavy (non-hydrogen) atoms. The standard InChI is InChI=1S/C12H17N5S/c13-12(18)16-15-9-10-3-1-2-4-11(10)17-7-5-14-6-8-17/h1-4,9,14H,5-8H2,(H3,13,16,18). The third-order valence-electron chi connectivity index (χ3n) is 2.77. The van der Waals surface area contributed by atoms with Crippen molar-refractivity contribution < 1.29 is 0 Å². The molecule has 5 nitrogen and oxygen atoms in total. The van der Waals surface area contributed by atoms with Gasteiger partial charge < -0.3 is 16.0 Å². The molecule has 6 heteroatoms. The lowest BCUT2D eigenvalue weighted by molar-refractivity contribution is 0.589. The maximum absolute atomic E-state index is 5.33. The number of hydrogen-bond acceptors (Lipinski definition) is 4. The predicted molar refractivity (Wildman–Crippen MR) is 79.0 cm³/mol. The Hall–Kier alpha value is -1.66. The third kappa shape index (κ3) is 3.41. The summed E-state index contributed by atoms with van der Waals surface area (Å²) in [7, 11) is 0. The smallest absolute Gasteiger partial charge is 0.184 e. The van der Waals surface area contributed by atoms with E-state index in [1.165, 1.54) is 5.69 Å². The summed E-state index contributed by atoms with van der Waals surface area (Å²) in [5.41, 5.74) is 10.1. The number of hydrazone groups is 1. The van der Waals surface area contributed by atoms with Crippen LogP contribution in [0.15, 0.2) is 29.4 Å². The molecule has 1 aliphatic heterocycles. The molecular weight excluding hydrogens is 246 g/mol. The van der Waals surface area contributed by atoms with Gasteiger partial charge in [0.15, 0.2) is 5.11 Å². The first-order chi connectivity index (χ1) is 8.77. The van der Waals surface area contributed by atoms with Gasteiger partial charge in [-0.15, -0.1) is 0 Å². The average molecular weight is 263 g/mol. The zero-order chi connectivity index (χ0) is 12.8. The highest BCUT2D eigenvalue weighted by Crippen LogP contribution is 2.18. The Bertz CT molecular complexity index is 440. The topological polar surface area (TPSA) is 65.7 Å². The maximum Gasteiger partial charge on any atom is 0.184 e. The summed E-state index contributed by atoms with van der Waals surface area (Å²) >= 11 is 4.70. The van der Waals surface area contributed by atoms with E-state index in [1.54, 1.807) is 6.21 Å². The molecule has 1 aromatic rings. The summed E-state index contributed by atoms with van der Waals surface area (Å²) in [6.07, 6.45) is 1.75. The summed E-state index contributed by atoms with van der Waals surface area (Å²) in [6, 6.07) is 8.17. The van der Waals surface area contributed by atoms with E-state index in [9.17, 15) is 0 Å². The zero-order valence-corrected chi connectivity index (χ0v) is 10.9. The van der Waals surface area contributed by atoms with Gasteiger partial charge in [-0.1, -0.05) is 18.2 Å². The van der Waals surface area contributed by atoms with Crippen LogP contribution in [0.4, 0.5) is 5.69 Å². The molecule has 1 aliphatic rings. The second-order valence-corrected chi connectivity index (χ2v) is 4.47. The van der Waals surface area contributed by atoms with Crippen LogP contribution in [0, 0.1) is 0 Å². The first-order valence-corrected chi connectivity index (χ1v) is 6.31. The third-order valence-corrected chi connectivity index (χ3v) is 2.86. The first kappa shape index (κ1) is 12.8. The minimum atomic E-state index is 0.172. The van der Waals surface area contributed by atoms with E-state index in [1.807, 2.05) is 18.2 Å². The van der Waals surface area contributed by atoms with Crippen molar-refractivity contribution in [2.75, 3.05) is 31.1 Å². The second kappa shape index (κ2) is 6.32. The van der Waals surface area contributed by atoms with Crippen molar-refractivity contribution in [2.24, 2.45) is 10.8 Å². The fraction of sp³-hybridized carbons (Fsp3) is 0.333. The Labute approximate surface area is 112 Å². The number of rotatable bonds is 3. The largest absolute Gasteiger partial charge is 0.375 e. The van der Waals surface area contributed by atoms with Crippen LogP contribution in [0.1, 0.15) is 5.56 Å². The number of benzene rings is 1. The lowest BCUT2D eigenvalue weighted by Crippen LogP contribution is -2.43. The Kier molecular flexibility index (Phi) is 4.49. The van der Waals surface area contributed by atoms with Crippen LogP contribution in [-0.2, 0) is 0 Å². The molecule has 1 saturated heterocycles. The number of piperazine rings is 1. The summed E-state index contributed by atoms with van der Waals surface area (Å²) in [6.45, 7) is 4.04. The molecule has 0 unspecified atom stereocenters. The van der Waals surface area contributed by atoms with Gasteiger partial charge in [-0.2, -0.15) is 5.10 Å². The molecule has 0 amide bonds. The van der Waals surface area contributed by atoms with Gasteiger partial charge in [-0.05, 0) is 18.3 Å². The van der Waals surface area contributed by atoms with Crippen molar-refractivity contribution in [2.45, 2.75) is 0 Å². The number of thiocarbonyl (C=S) groups is 1. The lowest BCUT2D eigenvalue weighted by Gasteiger charge is -2.30. The van der Waals surface area contributed by atoms with E-state index < -0.39 is 0 Å². The molecule has 0 aliphatic carbocycles. The molecule has 0 saturated carbocycles. The second-order valence-electron chi connectivity index (χ2n) is 4.03. The minimum Gasteiger partial charge on any atom is -0.375 e. The molecule has 0 radical (unpaired) electrons. The molecule has 0 bridgehead atoms. The summed E-state index contributed by atoms with van der Waals surface area (Å²) < 4.78 is 0. The van der Waals surface area contributed by atoms with Crippen LogP contribution in [0.5, 0.6) is 0 Å². The van der Waals surface area contributed by atoms with E-state index >= 15 is 0 Å². The van der Waals surface area contributed by atoms with E-state index in [4.69, 9.17) is 18.0 Å². The van der Waals surface area contributed by atoms with Crippen molar-refractivity contribution in [3.05, 3.63) is 29.8 Å². The number of hydrogen-bond donors (Lipinski definition) is 3. The highest BCUT2D eigenvalue weighted by molar-refractivity contribution is 7.80. The van der Waals surface area contributed by atoms with Gasteiger partial charge in [0.05, 0.1) is 6.21 Å². The van der Waals surface area contributed by atoms with Crippen LogP contribution in [0.25, 0.3) is 0 Å². The minimum absolute atomic E-state index is 0.172. The van der Waals surface area contributed by atoms with Gasteiger partial charge in [0.2, 0.25) is 0 Å². The molecule has 1 fully saturated rings. The monoisotopic (exact) mass is 263 g/mol. The van der Waals surface area contributed by atoms with Crippen molar-refractivity contribution in [1.82, 2.24) is 10.7 Å². The van der Waals surface area contributed by atoms with Crippen molar-refractivity contribution in [1.29, 1.82) is 0 Å². The first-order valence-electron chi connectivity index (χ1n) is 5.90. The number of para-hydroxylation sites is 1. The molecule has 96 valence electrons. The SMILES string of the molecule is NC(=S)NN=Cc1ccccc1N1CCNCC1. The molecule has 1 heterocycles. The number of anilines is 1. The molecule has 4 N–H and O–H groups in total. The van der Waals surface area contributed by atoms with Gasteiger partial charge in [0.1, 0.15) is 0 Å². The number of nitrogens with zero attached hydrogens (tertiary/aromatic N) is 2.